The van der Waals surface area contributed by atoms with Crippen molar-refractivity contribution >= 4 is 17.3 Å². The third kappa shape index (κ3) is 2.68. The molecule has 1 heterocycles. The van der Waals surface area contributed by atoms with Gasteiger partial charge in [-0.05, 0) is 57.7 Å². The van der Waals surface area contributed by atoms with Gasteiger partial charge in [0.05, 0.1) is 0 Å². The summed E-state index contributed by atoms with van der Waals surface area (Å²) in [5.41, 5.74) is 0. The molecule has 0 radical (unpaired) electrons. The average molecular weight is 240 g/mol. The molecule has 1 saturated carbocycles. The maximum Gasteiger partial charge on any atom is 0.169 e. The number of nitrogens with one attached hydrogen (secondary N) is 1. The van der Waals surface area contributed by atoms with Gasteiger partial charge in [-0.25, -0.2) is 0 Å². The van der Waals surface area contributed by atoms with Crippen LogP contribution >= 0.6 is 12.2 Å². The van der Waals surface area contributed by atoms with Crippen LogP contribution in [-0.2, 0) is 0 Å². The zero-order valence-electron chi connectivity index (χ0n) is 10.5. The maximum absolute atomic E-state index is 5.53. The molecular weight excluding hydrogens is 216 g/mol. The van der Waals surface area contributed by atoms with Crippen molar-refractivity contribution in [1.29, 1.82) is 0 Å². The summed E-state index contributed by atoms with van der Waals surface area (Å²) in [6.07, 6.45) is 8.34. The molecule has 0 amide bonds. The molecule has 0 bridgehead atoms. The third-order valence-corrected chi connectivity index (χ3v) is 4.27. The fourth-order valence-electron chi connectivity index (χ4n) is 3.21. The second kappa shape index (κ2) is 5.35. The van der Waals surface area contributed by atoms with E-state index in [1.165, 1.54) is 45.1 Å². The van der Waals surface area contributed by atoms with Gasteiger partial charge in [0.2, 0.25) is 0 Å². The Labute approximate surface area is 105 Å². The van der Waals surface area contributed by atoms with E-state index in [2.05, 4.69) is 24.1 Å². The molecule has 92 valence electrons. The number of piperidine rings is 1. The standard InChI is InChI=1S/C13H24N2S/c1-10(2)14-13(16)15-9-5-7-11-6-3-4-8-12(11)15/h10-12H,3-9H2,1-2H3,(H,14,16)/t11-,12-/m0/s1. The van der Waals surface area contributed by atoms with Gasteiger partial charge in [-0.15, -0.1) is 0 Å². The van der Waals surface area contributed by atoms with Crippen LogP contribution in [0.3, 0.4) is 0 Å². The number of hydrogen-bond donors (Lipinski definition) is 1. The number of thiocarbonyl (C=S) groups is 1. The van der Waals surface area contributed by atoms with Crippen molar-refractivity contribution in [3.05, 3.63) is 0 Å². The Kier molecular flexibility index (Phi) is 4.06. The van der Waals surface area contributed by atoms with Crippen LogP contribution < -0.4 is 5.32 Å². The number of fused-ring (bicyclic) bond motifs is 1. The lowest BCUT2D eigenvalue weighted by Crippen LogP contribution is -2.54. The molecule has 0 unspecified atom stereocenters. The summed E-state index contributed by atoms with van der Waals surface area (Å²) < 4.78 is 0. The summed E-state index contributed by atoms with van der Waals surface area (Å²) in [5.74, 6) is 0.911. The van der Waals surface area contributed by atoms with Gasteiger partial charge < -0.3 is 10.2 Å². The number of hydrogen-bond acceptors (Lipinski definition) is 1. The smallest absolute Gasteiger partial charge is 0.169 e. The van der Waals surface area contributed by atoms with Crippen LogP contribution in [0.2, 0.25) is 0 Å². The first-order chi connectivity index (χ1) is 7.68. The predicted molar refractivity (Wildman–Crippen MR) is 72.6 cm³/mol. The van der Waals surface area contributed by atoms with E-state index in [1.807, 2.05) is 0 Å². The van der Waals surface area contributed by atoms with E-state index in [4.69, 9.17) is 12.2 Å². The van der Waals surface area contributed by atoms with Crippen molar-refractivity contribution in [3.63, 3.8) is 0 Å². The molecule has 2 aliphatic rings. The molecule has 2 rings (SSSR count). The zero-order valence-corrected chi connectivity index (χ0v) is 11.4. The van der Waals surface area contributed by atoms with Gasteiger partial charge in [0, 0.05) is 18.6 Å². The van der Waals surface area contributed by atoms with Gasteiger partial charge in [-0.3, -0.25) is 0 Å². The van der Waals surface area contributed by atoms with Crippen LogP contribution in [0.25, 0.3) is 0 Å². The first-order valence-corrected chi connectivity index (χ1v) is 7.16. The van der Waals surface area contributed by atoms with Gasteiger partial charge in [0.1, 0.15) is 0 Å². The van der Waals surface area contributed by atoms with E-state index < -0.39 is 0 Å². The molecule has 2 nitrogen and oxygen atoms in total. The van der Waals surface area contributed by atoms with E-state index >= 15 is 0 Å². The fraction of sp³-hybridized carbons (Fsp3) is 0.923. The average Bonchev–Trinajstić information content (AvgIpc) is 2.27. The van der Waals surface area contributed by atoms with Crippen molar-refractivity contribution in [3.8, 4) is 0 Å². The molecule has 16 heavy (non-hydrogen) atoms. The van der Waals surface area contributed by atoms with Gasteiger partial charge in [-0.1, -0.05) is 12.8 Å². The minimum absolute atomic E-state index is 0.455. The van der Waals surface area contributed by atoms with Gasteiger partial charge >= 0.3 is 0 Å². The molecule has 0 spiro atoms. The molecule has 0 aromatic heterocycles. The van der Waals surface area contributed by atoms with Crippen molar-refractivity contribution < 1.29 is 0 Å². The molecule has 1 N–H and O–H groups in total. The van der Waals surface area contributed by atoms with Crippen LogP contribution in [0.15, 0.2) is 0 Å². The third-order valence-electron chi connectivity index (χ3n) is 3.92. The number of rotatable bonds is 1. The highest BCUT2D eigenvalue weighted by molar-refractivity contribution is 7.80. The SMILES string of the molecule is CC(C)NC(=S)N1CCC[C@@H]2CCCC[C@@H]21. The molecule has 0 aromatic rings. The summed E-state index contributed by atoms with van der Waals surface area (Å²) in [5, 5.41) is 4.40. The molecule has 1 aliphatic heterocycles. The summed E-state index contributed by atoms with van der Waals surface area (Å²) in [6, 6.07) is 1.19. The Hall–Kier alpha value is -0.310. The Balaban J connectivity index is 1.99. The maximum atomic E-state index is 5.53. The lowest BCUT2D eigenvalue weighted by molar-refractivity contribution is 0.118. The van der Waals surface area contributed by atoms with Gasteiger partial charge in [0.15, 0.2) is 5.11 Å². The van der Waals surface area contributed by atoms with E-state index in [-0.39, 0.29) is 0 Å². The summed E-state index contributed by atoms with van der Waals surface area (Å²) in [6.45, 7) is 5.49. The molecule has 2 fully saturated rings. The van der Waals surface area contributed by atoms with Gasteiger partial charge in [0.25, 0.3) is 0 Å². The zero-order chi connectivity index (χ0) is 11.5. The fourth-order valence-corrected chi connectivity index (χ4v) is 3.67. The second-order valence-corrected chi connectivity index (χ2v) is 5.94. The Morgan fingerprint density at radius 3 is 2.62 bits per heavy atom. The number of likely N-dealkylation sites (tertiary alicyclic amines) is 1. The lowest BCUT2D eigenvalue weighted by atomic mass is 9.78. The first-order valence-electron chi connectivity index (χ1n) is 6.75. The molecule has 3 heteroatoms. The Morgan fingerprint density at radius 2 is 1.88 bits per heavy atom. The highest BCUT2D eigenvalue weighted by Crippen LogP contribution is 2.35. The largest absolute Gasteiger partial charge is 0.360 e. The van der Waals surface area contributed by atoms with E-state index in [0.717, 1.165) is 17.1 Å². The number of nitrogens with zero attached hydrogens (tertiary/aromatic N) is 1. The summed E-state index contributed by atoms with van der Waals surface area (Å²) >= 11 is 5.53. The molecule has 1 aliphatic carbocycles. The van der Waals surface area contributed by atoms with Crippen molar-refractivity contribution in [2.75, 3.05) is 6.54 Å². The molecule has 0 aromatic carbocycles. The highest BCUT2D eigenvalue weighted by atomic mass is 32.1. The second-order valence-electron chi connectivity index (χ2n) is 5.55. The summed E-state index contributed by atoms with van der Waals surface area (Å²) in [4.78, 5) is 2.47. The van der Waals surface area contributed by atoms with E-state index in [0.29, 0.717) is 6.04 Å². The topological polar surface area (TPSA) is 15.3 Å². The quantitative estimate of drug-likeness (QED) is 0.710. The normalized spacial score (nSPS) is 30.1. The molecular formula is C13H24N2S. The van der Waals surface area contributed by atoms with Crippen molar-refractivity contribution in [1.82, 2.24) is 10.2 Å². The van der Waals surface area contributed by atoms with Crippen LogP contribution in [-0.4, -0.2) is 28.6 Å². The van der Waals surface area contributed by atoms with E-state index in [1.54, 1.807) is 0 Å². The molecule has 1 saturated heterocycles. The van der Waals surface area contributed by atoms with Crippen LogP contribution in [0, 0.1) is 5.92 Å². The summed E-state index contributed by atoms with van der Waals surface area (Å²) in [7, 11) is 0. The monoisotopic (exact) mass is 240 g/mol. The Morgan fingerprint density at radius 1 is 1.19 bits per heavy atom. The van der Waals surface area contributed by atoms with E-state index in [9.17, 15) is 0 Å². The van der Waals surface area contributed by atoms with Crippen molar-refractivity contribution in [2.24, 2.45) is 5.92 Å². The van der Waals surface area contributed by atoms with Gasteiger partial charge in [-0.2, -0.15) is 0 Å². The predicted octanol–water partition coefficient (Wildman–Crippen LogP) is 2.92. The first kappa shape index (κ1) is 12.2. The highest BCUT2D eigenvalue weighted by Gasteiger charge is 2.34. The van der Waals surface area contributed by atoms with Crippen LogP contribution in [0.5, 0.6) is 0 Å². The van der Waals surface area contributed by atoms with Crippen LogP contribution in [0.4, 0.5) is 0 Å². The minimum Gasteiger partial charge on any atom is -0.360 e. The van der Waals surface area contributed by atoms with Crippen LogP contribution in [0.1, 0.15) is 52.4 Å². The minimum atomic E-state index is 0.455. The lowest BCUT2D eigenvalue weighted by Gasteiger charge is -2.45. The van der Waals surface area contributed by atoms with Crippen molar-refractivity contribution in [2.45, 2.75) is 64.5 Å². The molecule has 2 atom stereocenters. The Bertz CT molecular complexity index is 250.